The molecule has 1 radical (unpaired) electrons. The zero-order chi connectivity index (χ0) is 16.1. The number of hydrogen-bond donors (Lipinski definition) is 0. The van der Waals surface area contributed by atoms with Crippen molar-refractivity contribution in [1.29, 1.82) is 0 Å². The van der Waals surface area contributed by atoms with Crippen LogP contribution in [-0.4, -0.2) is 37.0 Å². The van der Waals surface area contributed by atoms with E-state index >= 15 is 0 Å². The van der Waals surface area contributed by atoms with E-state index in [4.69, 9.17) is 0 Å². The smallest absolute Gasteiger partial charge is 0.234 e. The molecule has 0 saturated carbocycles. The summed E-state index contributed by atoms with van der Waals surface area (Å²) >= 11 is 0. The van der Waals surface area contributed by atoms with Crippen LogP contribution in [0.15, 0.2) is 60.7 Å². The average Bonchev–Trinajstić information content (AvgIpc) is 2.64. The molecule has 3 nitrogen and oxygen atoms in total. The largest absolute Gasteiger partial charge is 0.342 e. The van der Waals surface area contributed by atoms with E-state index in [1.54, 1.807) is 0 Å². The van der Waals surface area contributed by atoms with Crippen molar-refractivity contribution in [2.45, 2.75) is 24.8 Å². The Hall–Kier alpha value is -2.13. The van der Waals surface area contributed by atoms with Gasteiger partial charge in [-0.05, 0) is 24.0 Å². The molecule has 0 N–H and O–H groups in total. The summed E-state index contributed by atoms with van der Waals surface area (Å²) in [6.07, 6.45) is 1.94. The minimum Gasteiger partial charge on any atom is -0.342 e. The Morgan fingerprint density at radius 1 is 0.957 bits per heavy atom. The van der Waals surface area contributed by atoms with Crippen LogP contribution in [0.25, 0.3) is 0 Å². The lowest BCUT2D eigenvalue weighted by Crippen LogP contribution is -2.44. The maximum absolute atomic E-state index is 13.2. The van der Waals surface area contributed by atoms with E-state index < -0.39 is 0 Å². The van der Waals surface area contributed by atoms with Crippen LogP contribution in [0.1, 0.15) is 29.9 Å². The summed E-state index contributed by atoms with van der Waals surface area (Å²) in [5.74, 6) is -0.0597. The molecule has 0 aliphatic carbocycles. The molecule has 1 heterocycles. The van der Waals surface area contributed by atoms with E-state index in [0.29, 0.717) is 6.04 Å². The van der Waals surface area contributed by atoms with E-state index in [1.807, 2.05) is 72.6 Å². The van der Waals surface area contributed by atoms with Crippen molar-refractivity contribution in [2.24, 2.45) is 0 Å². The molecule has 0 bridgehead atoms. The molecule has 2 aromatic carbocycles. The summed E-state index contributed by atoms with van der Waals surface area (Å²) in [4.78, 5) is 15.2. The Kier molecular flexibility index (Phi) is 5.09. The summed E-state index contributed by atoms with van der Waals surface area (Å²) in [7, 11) is 1.94. The quantitative estimate of drug-likeness (QED) is 0.855. The zero-order valence-electron chi connectivity index (χ0n) is 13.6. The minimum absolute atomic E-state index is 0.175. The van der Waals surface area contributed by atoms with Crippen LogP contribution < -0.4 is 5.32 Å². The molecule has 0 aromatic heterocycles. The molecule has 3 rings (SSSR count). The van der Waals surface area contributed by atoms with Crippen LogP contribution >= 0.6 is 0 Å². The first kappa shape index (κ1) is 15.8. The van der Waals surface area contributed by atoms with Crippen molar-refractivity contribution in [1.82, 2.24) is 10.2 Å². The third-order valence-electron chi connectivity index (χ3n) is 4.65. The Morgan fingerprint density at radius 2 is 1.43 bits per heavy atom. The zero-order valence-corrected chi connectivity index (χ0v) is 13.6. The second-order valence-electron chi connectivity index (χ2n) is 6.11. The summed E-state index contributed by atoms with van der Waals surface area (Å²) in [6, 6.07) is 20.4. The van der Waals surface area contributed by atoms with E-state index in [9.17, 15) is 4.79 Å². The summed E-state index contributed by atoms with van der Waals surface area (Å²) in [6.45, 7) is 1.73. The minimum atomic E-state index is -0.235. The Labute approximate surface area is 138 Å². The van der Waals surface area contributed by atoms with Crippen LogP contribution in [-0.2, 0) is 4.79 Å². The van der Waals surface area contributed by atoms with Gasteiger partial charge in [0.25, 0.3) is 0 Å². The molecule has 1 aliphatic rings. The van der Waals surface area contributed by atoms with Gasteiger partial charge in [0.15, 0.2) is 0 Å². The second kappa shape index (κ2) is 7.42. The number of carbonyl (C=O) groups is 1. The maximum Gasteiger partial charge on any atom is 0.234 e. The first-order valence-electron chi connectivity index (χ1n) is 8.27. The fourth-order valence-electron chi connectivity index (χ4n) is 3.28. The molecule has 0 atom stereocenters. The van der Waals surface area contributed by atoms with Crippen molar-refractivity contribution < 1.29 is 4.79 Å². The molecule has 1 aliphatic heterocycles. The number of amides is 1. The Balaban J connectivity index is 1.90. The molecule has 0 unspecified atom stereocenters. The number of benzene rings is 2. The highest BCUT2D eigenvalue weighted by atomic mass is 16.2. The van der Waals surface area contributed by atoms with E-state index in [0.717, 1.165) is 37.1 Å². The number of hydrogen-bond acceptors (Lipinski definition) is 1. The Bertz CT molecular complexity index is 581. The van der Waals surface area contributed by atoms with Crippen LogP contribution in [0.5, 0.6) is 0 Å². The average molecular weight is 307 g/mol. The van der Waals surface area contributed by atoms with Crippen LogP contribution in [0, 0.1) is 0 Å². The SMILES string of the molecule is CN(C(=O)C(c1ccccc1)c1ccccc1)C1CC[N]CC1. The number of nitrogens with zero attached hydrogens (tertiary/aromatic N) is 2. The lowest BCUT2D eigenvalue weighted by Gasteiger charge is -2.34. The van der Waals surface area contributed by atoms with Gasteiger partial charge in [-0.25, -0.2) is 5.32 Å². The van der Waals surface area contributed by atoms with E-state index in [1.165, 1.54) is 0 Å². The van der Waals surface area contributed by atoms with Gasteiger partial charge in [0, 0.05) is 26.2 Å². The van der Waals surface area contributed by atoms with Crippen molar-refractivity contribution in [3.8, 4) is 0 Å². The Morgan fingerprint density at radius 3 is 1.91 bits per heavy atom. The molecular formula is C20H23N2O. The summed E-state index contributed by atoms with van der Waals surface area (Å²) in [5.41, 5.74) is 2.10. The molecule has 1 amide bonds. The van der Waals surface area contributed by atoms with E-state index in [2.05, 4.69) is 5.32 Å². The fraction of sp³-hybridized carbons (Fsp3) is 0.350. The van der Waals surface area contributed by atoms with Crippen molar-refractivity contribution in [3.63, 3.8) is 0 Å². The van der Waals surface area contributed by atoms with Gasteiger partial charge < -0.3 is 4.90 Å². The van der Waals surface area contributed by atoms with Gasteiger partial charge in [0.1, 0.15) is 0 Å². The predicted octanol–water partition coefficient (Wildman–Crippen LogP) is 3.04. The second-order valence-corrected chi connectivity index (χ2v) is 6.11. The van der Waals surface area contributed by atoms with Gasteiger partial charge in [0.2, 0.25) is 5.91 Å². The number of rotatable bonds is 4. The van der Waals surface area contributed by atoms with Crippen molar-refractivity contribution in [3.05, 3.63) is 71.8 Å². The topological polar surface area (TPSA) is 34.4 Å². The standard InChI is InChI=1S/C20H23N2O/c1-22(18-12-14-21-15-13-18)20(23)19(16-8-4-2-5-9-16)17-10-6-3-7-11-17/h2-11,18-19H,12-15H2,1H3. The summed E-state index contributed by atoms with van der Waals surface area (Å²) in [5, 5.41) is 4.39. The van der Waals surface area contributed by atoms with Crippen LogP contribution in [0.4, 0.5) is 0 Å². The number of carbonyl (C=O) groups excluding carboxylic acids is 1. The highest BCUT2D eigenvalue weighted by molar-refractivity contribution is 5.87. The predicted molar refractivity (Wildman–Crippen MR) is 92.4 cm³/mol. The van der Waals surface area contributed by atoms with Gasteiger partial charge in [0.05, 0.1) is 5.92 Å². The third-order valence-corrected chi connectivity index (χ3v) is 4.65. The molecule has 1 saturated heterocycles. The first-order valence-corrected chi connectivity index (χ1v) is 8.27. The molecule has 3 heteroatoms. The molecule has 0 spiro atoms. The van der Waals surface area contributed by atoms with Gasteiger partial charge in [-0.1, -0.05) is 60.7 Å². The normalized spacial score (nSPS) is 15.6. The fourth-order valence-corrected chi connectivity index (χ4v) is 3.28. The van der Waals surface area contributed by atoms with Gasteiger partial charge >= 0.3 is 0 Å². The van der Waals surface area contributed by atoms with Gasteiger partial charge in [-0.3, -0.25) is 4.79 Å². The third kappa shape index (κ3) is 3.62. The van der Waals surface area contributed by atoms with Crippen LogP contribution in [0.3, 0.4) is 0 Å². The molecule has 1 fully saturated rings. The van der Waals surface area contributed by atoms with Crippen LogP contribution in [0.2, 0.25) is 0 Å². The van der Waals surface area contributed by atoms with E-state index in [-0.39, 0.29) is 11.8 Å². The van der Waals surface area contributed by atoms with Gasteiger partial charge in [-0.15, -0.1) is 0 Å². The highest BCUT2D eigenvalue weighted by Crippen LogP contribution is 2.28. The highest BCUT2D eigenvalue weighted by Gasteiger charge is 2.30. The first-order chi connectivity index (χ1) is 11.3. The number of likely N-dealkylation sites (N-methyl/N-ethyl adjacent to an activating group) is 1. The molecule has 23 heavy (non-hydrogen) atoms. The van der Waals surface area contributed by atoms with Crippen molar-refractivity contribution >= 4 is 5.91 Å². The monoisotopic (exact) mass is 307 g/mol. The lowest BCUT2D eigenvalue weighted by atomic mass is 9.89. The van der Waals surface area contributed by atoms with Gasteiger partial charge in [-0.2, -0.15) is 0 Å². The number of piperidine rings is 1. The lowest BCUT2D eigenvalue weighted by molar-refractivity contribution is -0.133. The molecule has 2 aromatic rings. The summed E-state index contributed by atoms with van der Waals surface area (Å²) < 4.78 is 0. The maximum atomic E-state index is 13.2. The molecular weight excluding hydrogens is 284 g/mol. The van der Waals surface area contributed by atoms with Crippen molar-refractivity contribution in [2.75, 3.05) is 20.1 Å². The molecule has 119 valence electrons.